The summed E-state index contributed by atoms with van der Waals surface area (Å²) in [4.78, 5) is 3.26. The van der Waals surface area contributed by atoms with E-state index in [4.69, 9.17) is 4.74 Å². The number of fused-ring (bicyclic) bond motifs is 1. The van der Waals surface area contributed by atoms with E-state index in [9.17, 15) is 0 Å². The lowest BCUT2D eigenvalue weighted by Gasteiger charge is -2.37. The van der Waals surface area contributed by atoms with Crippen molar-refractivity contribution in [3.63, 3.8) is 0 Å². The van der Waals surface area contributed by atoms with Crippen LogP contribution in [0.3, 0.4) is 0 Å². The summed E-state index contributed by atoms with van der Waals surface area (Å²) in [5.41, 5.74) is 2.32. The molecule has 0 aliphatic carbocycles. The van der Waals surface area contributed by atoms with Gasteiger partial charge in [0.05, 0.1) is 0 Å². The fraction of sp³-hybridized carbons (Fsp3) is 0.429. The zero-order valence-electron chi connectivity index (χ0n) is 10.1. The molecule has 0 saturated carbocycles. The highest BCUT2D eigenvalue weighted by Gasteiger charge is 2.35. The largest absolute Gasteiger partial charge is 0.372 e. The number of rotatable bonds is 2. The number of hydrogen-bond acceptors (Lipinski definition) is 2. The summed E-state index contributed by atoms with van der Waals surface area (Å²) in [5, 5.41) is 4.72. The number of benzene rings is 1. The van der Waals surface area contributed by atoms with E-state index < -0.39 is 0 Å². The first-order valence-corrected chi connectivity index (χ1v) is 6.18. The second-order valence-electron chi connectivity index (χ2n) is 4.72. The molecule has 1 aliphatic heterocycles. The lowest BCUT2D eigenvalue weighted by atomic mass is 9.84. The van der Waals surface area contributed by atoms with Gasteiger partial charge in [0.1, 0.15) is 5.60 Å². The summed E-state index contributed by atoms with van der Waals surface area (Å²) in [6.07, 6.45) is 4.24. The monoisotopic (exact) mass is 230 g/mol. The third-order valence-electron chi connectivity index (χ3n) is 3.82. The van der Waals surface area contributed by atoms with Crippen LogP contribution in [0.25, 0.3) is 10.9 Å². The van der Waals surface area contributed by atoms with Gasteiger partial charge >= 0.3 is 0 Å². The summed E-state index contributed by atoms with van der Waals surface area (Å²) in [5.74, 6) is 0. The number of methoxy groups -OCH3 is 1. The Morgan fingerprint density at radius 3 is 3.00 bits per heavy atom. The SMILES string of the molecule is CO[C@]1(c2cccc3[nH]ccc23)CCCNC1. The smallest absolute Gasteiger partial charge is 0.106 e. The van der Waals surface area contributed by atoms with Crippen molar-refractivity contribution in [2.75, 3.05) is 20.2 Å². The minimum absolute atomic E-state index is 0.167. The van der Waals surface area contributed by atoms with Gasteiger partial charge in [-0.25, -0.2) is 0 Å². The molecule has 0 spiro atoms. The lowest BCUT2D eigenvalue weighted by molar-refractivity contribution is -0.0321. The van der Waals surface area contributed by atoms with Gasteiger partial charge in [0.2, 0.25) is 0 Å². The standard InChI is InChI=1S/C14H18N2O/c1-17-14(7-3-8-15-10-14)12-4-2-5-13-11(12)6-9-16-13/h2,4-6,9,15-16H,3,7-8,10H2,1H3/t14-/m1/s1. The summed E-state index contributed by atoms with van der Waals surface area (Å²) in [7, 11) is 1.82. The van der Waals surface area contributed by atoms with Gasteiger partial charge in [0.25, 0.3) is 0 Å². The number of aromatic amines is 1. The zero-order chi connectivity index (χ0) is 11.7. The highest BCUT2D eigenvalue weighted by atomic mass is 16.5. The van der Waals surface area contributed by atoms with Crippen LogP contribution in [0.1, 0.15) is 18.4 Å². The van der Waals surface area contributed by atoms with E-state index in [1.54, 1.807) is 0 Å². The van der Waals surface area contributed by atoms with E-state index in [-0.39, 0.29) is 5.60 Å². The van der Waals surface area contributed by atoms with Crippen molar-refractivity contribution < 1.29 is 4.74 Å². The fourth-order valence-corrected chi connectivity index (χ4v) is 2.87. The third-order valence-corrected chi connectivity index (χ3v) is 3.82. The second kappa shape index (κ2) is 4.17. The Kier molecular flexibility index (Phi) is 2.65. The predicted molar refractivity (Wildman–Crippen MR) is 69.1 cm³/mol. The first-order valence-electron chi connectivity index (χ1n) is 6.18. The van der Waals surface area contributed by atoms with E-state index in [1.165, 1.54) is 16.5 Å². The molecular formula is C14H18N2O. The molecule has 17 heavy (non-hydrogen) atoms. The van der Waals surface area contributed by atoms with E-state index >= 15 is 0 Å². The van der Waals surface area contributed by atoms with E-state index in [0.29, 0.717) is 0 Å². The molecule has 1 fully saturated rings. The van der Waals surface area contributed by atoms with Gasteiger partial charge in [-0.2, -0.15) is 0 Å². The molecule has 0 bridgehead atoms. The molecule has 1 saturated heterocycles. The third kappa shape index (κ3) is 1.66. The second-order valence-corrected chi connectivity index (χ2v) is 4.72. The maximum absolute atomic E-state index is 5.87. The summed E-state index contributed by atoms with van der Waals surface area (Å²) in [6.45, 7) is 1.99. The van der Waals surface area contributed by atoms with Gasteiger partial charge in [-0.05, 0) is 37.1 Å². The summed E-state index contributed by atoms with van der Waals surface area (Å²) in [6, 6.07) is 8.54. The van der Waals surface area contributed by atoms with Crippen LogP contribution in [-0.2, 0) is 10.3 Å². The molecule has 2 heterocycles. The van der Waals surface area contributed by atoms with Crippen molar-refractivity contribution in [3.8, 4) is 0 Å². The molecule has 1 atom stereocenters. The molecule has 1 aromatic heterocycles. The van der Waals surface area contributed by atoms with E-state index in [1.807, 2.05) is 13.3 Å². The normalized spacial score (nSPS) is 25.2. The molecule has 0 amide bonds. The average molecular weight is 230 g/mol. The molecule has 0 unspecified atom stereocenters. The van der Waals surface area contributed by atoms with Crippen LogP contribution in [0, 0.1) is 0 Å². The molecule has 3 heteroatoms. The Hall–Kier alpha value is -1.32. The molecule has 2 N–H and O–H groups in total. The fourth-order valence-electron chi connectivity index (χ4n) is 2.87. The van der Waals surface area contributed by atoms with Gasteiger partial charge < -0.3 is 15.0 Å². The lowest BCUT2D eigenvalue weighted by Crippen LogP contribution is -2.44. The van der Waals surface area contributed by atoms with Crippen LogP contribution in [0.2, 0.25) is 0 Å². The molecule has 1 aliphatic rings. The Morgan fingerprint density at radius 1 is 1.29 bits per heavy atom. The minimum Gasteiger partial charge on any atom is -0.372 e. The predicted octanol–water partition coefficient (Wildman–Crippen LogP) is 2.39. The van der Waals surface area contributed by atoms with Crippen molar-refractivity contribution in [1.82, 2.24) is 10.3 Å². The minimum atomic E-state index is -0.167. The highest BCUT2D eigenvalue weighted by Crippen LogP contribution is 2.36. The number of hydrogen-bond donors (Lipinski definition) is 2. The number of aromatic nitrogens is 1. The number of H-pyrrole nitrogens is 1. The number of piperidine rings is 1. The first kappa shape index (κ1) is 10.8. The zero-order valence-corrected chi connectivity index (χ0v) is 10.1. The van der Waals surface area contributed by atoms with Gasteiger partial charge in [0, 0.05) is 30.8 Å². The Balaban J connectivity index is 2.14. The van der Waals surface area contributed by atoms with E-state index in [2.05, 4.69) is 34.6 Å². The van der Waals surface area contributed by atoms with Crippen LogP contribution in [-0.4, -0.2) is 25.2 Å². The van der Waals surface area contributed by atoms with Gasteiger partial charge in [-0.3, -0.25) is 0 Å². The first-order chi connectivity index (χ1) is 8.36. The van der Waals surface area contributed by atoms with Crippen LogP contribution in [0.4, 0.5) is 0 Å². The van der Waals surface area contributed by atoms with Gasteiger partial charge in [0.15, 0.2) is 0 Å². The van der Waals surface area contributed by atoms with Crippen LogP contribution >= 0.6 is 0 Å². The van der Waals surface area contributed by atoms with E-state index in [0.717, 1.165) is 25.9 Å². The Bertz CT molecular complexity index is 512. The van der Waals surface area contributed by atoms with Crippen LogP contribution in [0.15, 0.2) is 30.5 Å². The van der Waals surface area contributed by atoms with Gasteiger partial charge in [-0.15, -0.1) is 0 Å². The number of ether oxygens (including phenoxy) is 1. The molecular weight excluding hydrogens is 212 g/mol. The van der Waals surface area contributed by atoms with Crippen LogP contribution < -0.4 is 5.32 Å². The van der Waals surface area contributed by atoms with Gasteiger partial charge in [-0.1, -0.05) is 12.1 Å². The topological polar surface area (TPSA) is 37.0 Å². The van der Waals surface area contributed by atoms with Crippen molar-refractivity contribution in [3.05, 3.63) is 36.0 Å². The molecule has 1 aromatic carbocycles. The molecule has 2 aromatic rings. The maximum atomic E-state index is 5.87. The Morgan fingerprint density at radius 2 is 2.24 bits per heavy atom. The molecule has 3 nitrogen and oxygen atoms in total. The summed E-state index contributed by atoms with van der Waals surface area (Å²) < 4.78 is 5.87. The maximum Gasteiger partial charge on any atom is 0.106 e. The van der Waals surface area contributed by atoms with Crippen LogP contribution in [0.5, 0.6) is 0 Å². The average Bonchev–Trinajstić information content (AvgIpc) is 2.87. The quantitative estimate of drug-likeness (QED) is 0.831. The number of nitrogens with one attached hydrogen (secondary N) is 2. The molecule has 0 radical (unpaired) electrons. The molecule has 3 rings (SSSR count). The van der Waals surface area contributed by atoms with Crippen molar-refractivity contribution in [2.45, 2.75) is 18.4 Å². The van der Waals surface area contributed by atoms with Crippen molar-refractivity contribution in [1.29, 1.82) is 0 Å². The van der Waals surface area contributed by atoms with Crippen molar-refractivity contribution in [2.24, 2.45) is 0 Å². The Labute approximate surface area is 101 Å². The molecule has 90 valence electrons. The summed E-state index contributed by atoms with van der Waals surface area (Å²) >= 11 is 0. The highest BCUT2D eigenvalue weighted by molar-refractivity contribution is 5.83. The van der Waals surface area contributed by atoms with Crippen molar-refractivity contribution >= 4 is 10.9 Å².